The Kier molecular flexibility index (Phi) is 4.21. The minimum Gasteiger partial charge on any atom is -0.351 e. The summed E-state index contributed by atoms with van der Waals surface area (Å²) in [6.45, 7) is 2.75. The third kappa shape index (κ3) is 2.63. The van der Waals surface area contributed by atoms with E-state index in [0.717, 1.165) is 5.39 Å². The van der Waals surface area contributed by atoms with Gasteiger partial charge >= 0.3 is 0 Å². The Morgan fingerprint density at radius 3 is 3.00 bits per heavy atom. The highest BCUT2D eigenvalue weighted by Crippen LogP contribution is 2.10. The lowest BCUT2D eigenvalue weighted by atomic mass is 10.2. The standard InChI is InChI=1S/C13H15N3O2S/c1-2-16-11-9(4-3-5-14-11)8-10(13(16)18)12(17)15-6-7-19/h3-5,8,19H,2,6-7H2,1H3,(H,15,17). The lowest BCUT2D eigenvalue weighted by molar-refractivity contribution is 0.0954. The number of nitrogens with one attached hydrogen (secondary N) is 1. The Morgan fingerprint density at radius 1 is 1.53 bits per heavy atom. The molecule has 1 N–H and O–H groups in total. The smallest absolute Gasteiger partial charge is 0.265 e. The average molecular weight is 277 g/mol. The van der Waals surface area contributed by atoms with Crippen LogP contribution >= 0.6 is 12.6 Å². The quantitative estimate of drug-likeness (QED) is 0.822. The zero-order chi connectivity index (χ0) is 13.8. The molecular formula is C13H15N3O2S. The number of aryl methyl sites for hydroxylation is 1. The molecule has 2 aromatic heterocycles. The predicted octanol–water partition coefficient (Wildman–Crippen LogP) is 1.08. The Morgan fingerprint density at radius 2 is 2.32 bits per heavy atom. The molecule has 0 radical (unpaired) electrons. The Labute approximate surface area is 116 Å². The van der Waals surface area contributed by atoms with Crippen molar-refractivity contribution in [3.05, 3.63) is 40.3 Å². The van der Waals surface area contributed by atoms with Crippen LogP contribution in [0.5, 0.6) is 0 Å². The second-order valence-corrected chi connectivity index (χ2v) is 4.45. The van der Waals surface area contributed by atoms with Gasteiger partial charge in [0.05, 0.1) is 0 Å². The van der Waals surface area contributed by atoms with Gasteiger partial charge in [0.2, 0.25) is 0 Å². The fourth-order valence-corrected chi connectivity index (χ4v) is 2.04. The molecule has 0 aliphatic carbocycles. The van der Waals surface area contributed by atoms with Gasteiger partial charge in [-0.1, -0.05) is 0 Å². The van der Waals surface area contributed by atoms with E-state index in [1.807, 2.05) is 13.0 Å². The third-order valence-corrected chi connectivity index (χ3v) is 3.03. The molecule has 0 aromatic carbocycles. The van der Waals surface area contributed by atoms with Gasteiger partial charge in [0.25, 0.3) is 11.5 Å². The van der Waals surface area contributed by atoms with Crippen molar-refractivity contribution in [1.29, 1.82) is 0 Å². The summed E-state index contributed by atoms with van der Waals surface area (Å²) in [4.78, 5) is 28.4. The van der Waals surface area contributed by atoms with Crippen LogP contribution in [0.2, 0.25) is 0 Å². The van der Waals surface area contributed by atoms with Crippen molar-refractivity contribution in [2.45, 2.75) is 13.5 Å². The van der Waals surface area contributed by atoms with Gasteiger partial charge in [-0.15, -0.1) is 0 Å². The van der Waals surface area contributed by atoms with Crippen LogP contribution < -0.4 is 10.9 Å². The summed E-state index contributed by atoms with van der Waals surface area (Å²) in [6, 6.07) is 5.20. The first kappa shape index (κ1) is 13.6. The maximum Gasteiger partial charge on any atom is 0.265 e. The summed E-state index contributed by atoms with van der Waals surface area (Å²) < 4.78 is 1.50. The second kappa shape index (κ2) is 5.88. The van der Waals surface area contributed by atoms with Crippen molar-refractivity contribution in [1.82, 2.24) is 14.9 Å². The summed E-state index contributed by atoms with van der Waals surface area (Å²) in [5, 5.41) is 3.43. The molecule has 6 heteroatoms. The van der Waals surface area contributed by atoms with Crippen LogP contribution in [0.3, 0.4) is 0 Å². The van der Waals surface area contributed by atoms with E-state index in [0.29, 0.717) is 24.5 Å². The summed E-state index contributed by atoms with van der Waals surface area (Å²) in [6.07, 6.45) is 1.63. The number of nitrogens with zero attached hydrogens (tertiary/aromatic N) is 2. The molecule has 100 valence electrons. The molecule has 0 fully saturated rings. The summed E-state index contributed by atoms with van der Waals surface area (Å²) >= 11 is 4.02. The van der Waals surface area contributed by atoms with Crippen molar-refractivity contribution >= 4 is 29.6 Å². The minimum absolute atomic E-state index is 0.143. The molecule has 0 unspecified atom stereocenters. The number of rotatable bonds is 4. The molecule has 0 aliphatic rings. The number of thiol groups is 1. The highest BCUT2D eigenvalue weighted by atomic mass is 32.1. The van der Waals surface area contributed by atoms with Crippen LogP contribution in [0.25, 0.3) is 11.0 Å². The molecule has 5 nitrogen and oxygen atoms in total. The predicted molar refractivity (Wildman–Crippen MR) is 77.9 cm³/mol. The zero-order valence-electron chi connectivity index (χ0n) is 10.6. The molecule has 2 heterocycles. The molecule has 2 aromatic rings. The average Bonchev–Trinajstić information content (AvgIpc) is 2.44. The van der Waals surface area contributed by atoms with Gasteiger partial charge in [0.15, 0.2) is 0 Å². The normalized spacial score (nSPS) is 10.6. The molecule has 0 aliphatic heterocycles. The number of hydrogen-bond donors (Lipinski definition) is 2. The van der Waals surface area contributed by atoms with E-state index < -0.39 is 0 Å². The Balaban J connectivity index is 2.59. The molecule has 19 heavy (non-hydrogen) atoms. The Hall–Kier alpha value is -1.82. The van der Waals surface area contributed by atoms with Gasteiger partial charge in [0, 0.05) is 30.4 Å². The highest BCUT2D eigenvalue weighted by Gasteiger charge is 2.14. The largest absolute Gasteiger partial charge is 0.351 e. The summed E-state index contributed by atoms with van der Waals surface area (Å²) in [7, 11) is 0. The van der Waals surface area contributed by atoms with Crippen LogP contribution in [0.15, 0.2) is 29.2 Å². The molecule has 2 rings (SSSR count). The lowest BCUT2D eigenvalue weighted by Crippen LogP contribution is -2.34. The van der Waals surface area contributed by atoms with E-state index in [1.165, 1.54) is 4.57 Å². The van der Waals surface area contributed by atoms with Crippen LogP contribution in [-0.2, 0) is 6.54 Å². The lowest BCUT2D eigenvalue weighted by Gasteiger charge is -2.10. The fraction of sp³-hybridized carbons (Fsp3) is 0.308. The van der Waals surface area contributed by atoms with Crippen molar-refractivity contribution in [2.75, 3.05) is 12.3 Å². The highest BCUT2D eigenvalue weighted by molar-refractivity contribution is 7.80. The number of carbonyl (C=O) groups is 1. The first-order valence-electron chi connectivity index (χ1n) is 6.06. The monoisotopic (exact) mass is 277 g/mol. The number of hydrogen-bond acceptors (Lipinski definition) is 4. The summed E-state index contributed by atoms with van der Waals surface area (Å²) in [5.74, 6) is 0.162. The van der Waals surface area contributed by atoms with E-state index in [4.69, 9.17) is 0 Å². The van der Waals surface area contributed by atoms with Crippen LogP contribution in [0.4, 0.5) is 0 Å². The SMILES string of the molecule is CCn1c(=O)c(C(=O)NCCS)cc2cccnc21. The molecule has 0 saturated carbocycles. The van der Waals surface area contributed by atoms with Gasteiger partial charge in [0.1, 0.15) is 11.2 Å². The van der Waals surface area contributed by atoms with Gasteiger partial charge in [-0.25, -0.2) is 4.98 Å². The van der Waals surface area contributed by atoms with Gasteiger partial charge < -0.3 is 5.32 Å². The second-order valence-electron chi connectivity index (χ2n) is 4.00. The van der Waals surface area contributed by atoms with Crippen LogP contribution in [0.1, 0.15) is 17.3 Å². The van der Waals surface area contributed by atoms with Crippen molar-refractivity contribution in [2.24, 2.45) is 0 Å². The number of pyridine rings is 2. The summed E-state index contributed by atoms with van der Waals surface area (Å²) in [5.41, 5.74) is 0.426. The van der Waals surface area contributed by atoms with Crippen LogP contribution in [-0.4, -0.2) is 27.8 Å². The van der Waals surface area contributed by atoms with E-state index >= 15 is 0 Å². The number of fused-ring (bicyclic) bond motifs is 1. The number of amides is 1. The fourth-order valence-electron chi connectivity index (χ4n) is 1.93. The maximum atomic E-state index is 12.3. The molecular weight excluding hydrogens is 262 g/mol. The van der Waals surface area contributed by atoms with Crippen molar-refractivity contribution in [3.8, 4) is 0 Å². The Bertz CT molecular complexity index is 666. The molecule has 0 bridgehead atoms. The van der Waals surface area contributed by atoms with Gasteiger partial charge in [-0.2, -0.15) is 12.6 Å². The maximum absolute atomic E-state index is 12.3. The zero-order valence-corrected chi connectivity index (χ0v) is 11.5. The minimum atomic E-state index is -0.369. The van der Waals surface area contributed by atoms with E-state index in [-0.39, 0.29) is 17.0 Å². The molecule has 0 spiro atoms. The van der Waals surface area contributed by atoms with Crippen LogP contribution in [0, 0.1) is 0 Å². The van der Waals surface area contributed by atoms with E-state index in [1.54, 1.807) is 18.3 Å². The molecule has 1 amide bonds. The first-order valence-corrected chi connectivity index (χ1v) is 6.70. The number of carbonyl (C=O) groups excluding carboxylic acids is 1. The third-order valence-electron chi connectivity index (χ3n) is 2.81. The van der Waals surface area contributed by atoms with E-state index in [2.05, 4.69) is 22.9 Å². The molecule has 0 atom stereocenters. The first-order chi connectivity index (χ1) is 9.19. The molecule has 0 saturated heterocycles. The van der Waals surface area contributed by atoms with Gasteiger partial charge in [-0.3, -0.25) is 14.2 Å². The van der Waals surface area contributed by atoms with Crippen molar-refractivity contribution in [3.63, 3.8) is 0 Å². The topological polar surface area (TPSA) is 64.0 Å². The number of aromatic nitrogens is 2. The van der Waals surface area contributed by atoms with Crippen molar-refractivity contribution < 1.29 is 4.79 Å². The van der Waals surface area contributed by atoms with Gasteiger partial charge in [-0.05, 0) is 25.1 Å². The van der Waals surface area contributed by atoms with E-state index in [9.17, 15) is 9.59 Å².